The third kappa shape index (κ3) is 4.08. The first kappa shape index (κ1) is 20.1. The molecule has 3 N–H and O–H groups in total. The number of phenols is 1. The summed E-state index contributed by atoms with van der Waals surface area (Å²) in [7, 11) is 0. The summed E-state index contributed by atoms with van der Waals surface area (Å²) in [6.07, 6.45) is 1.72. The molecule has 1 aliphatic heterocycles. The van der Waals surface area contributed by atoms with Gasteiger partial charge in [-0.25, -0.2) is 4.79 Å². The number of nitrogens with one attached hydrogen (secondary N) is 1. The molecule has 3 rings (SSSR count). The van der Waals surface area contributed by atoms with Crippen LogP contribution in [0.1, 0.15) is 22.2 Å². The minimum absolute atomic E-state index is 0.0155. The summed E-state index contributed by atoms with van der Waals surface area (Å²) >= 11 is 7.85. The molecule has 0 saturated carbocycles. The quantitative estimate of drug-likeness (QED) is 0.376. The predicted molar refractivity (Wildman–Crippen MR) is 112 cm³/mol. The molecule has 7 nitrogen and oxygen atoms in total. The lowest BCUT2D eigenvalue weighted by molar-refractivity contribution is -0.129. The molecule has 2 amide bonds. The van der Waals surface area contributed by atoms with Crippen LogP contribution in [0, 0.1) is 0 Å². The fourth-order valence-electron chi connectivity index (χ4n) is 2.49. The van der Waals surface area contributed by atoms with E-state index in [1.54, 1.807) is 6.08 Å². The SMILES string of the molecule is C[C@H](C(=O)Nc1ccc(O)cc1C(=O)O)N1C(=O)/C(=C\c2cccs2)SC1=S. The lowest BCUT2D eigenvalue weighted by Crippen LogP contribution is -2.44. The summed E-state index contributed by atoms with van der Waals surface area (Å²) in [6.45, 7) is 1.51. The van der Waals surface area contributed by atoms with Crippen LogP contribution in [0.25, 0.3) is 6.08 Å². The van der Waals surface area contributed by atoms with Gasteiger partial charge in [0.1, 0.15) is 16.1 Å². The number of carbonyl (C=O) groups is 3. The van der Waals surface area contributed by atoms with Crippen LogP contribution in [-0.2, 0) is 9.59 Å². The average molecular weight is 435 g/mol. The number of carbonyl (C=O) groups excluding carboxylic acids is 2. The molecule has 1 saturated heterocycles. The summed E-state index contributed by atoms with van der Waals surface area (Å²) in [5.74, 6) is -2.51. The van der Waals surface area contributed by atoms with Gasteiger partial charge in [-0.15, -0.1) is 11.3 Å². The summed E-state index contributed by atoms with van der Waals surface area (Å²) in [5, 5.41) is 23.1. The summed E-state index contributed by atoms with van der Waals surface area (Å²) in [6, 6.07) is 6.36. The molecule has 0 aliphatic carbocycles. The summed E-state index contributed by atoms with van der Waals surface area (Å²) in [5.41, 5.74) is -0.245. The lowest BCUT2D eigenvalue weighted by Gasteiger charge is -2.22. The highest BCUT2D eigenvalue weighted by atomic mass is 32.2. The fraction of sp³-hybridized carbons (Fsp3) is 0.111. The standard InChI is InChI=1S/C18H14N2O5S3/c1-9(15(22)19-13-5-4-10(21)7-12(13)17(24)25)20-16(23)14(28-18(20)26)8-11-3-2-6-27-11/h2-9,21H,1H3,(H,19,22)(H,24,25)/b14-8+/t9-/m1/s1. The van der Waals surface area contributed by atoms with Gasteiger partial charge in [0, 0.05) is 4.88 Å². The topological polar surface area (TPSA) is 107 Å². The van der Waals surface area contributed by atoms with Gasteiger partial charge >= 0.3 is 5.97 Å². The van der Waals surface area contributed by atoms with Crippen molar-refractivity contribution < 1.29 is 24.6 Å². The van der Waals surface area contributed by atoms with Crippen LogP contribution in [0.5, 0.6) is 5.75 Å². The van der Waals surface area contributed by atoms with Crippen LogP contribution in [0.3, 0.4) is 0 Å². The van der Waals surface area contributed by atoms with Crippen molar-refractivity contribution in [1.29, 1.82) is 0 Å². The molecule has 1 aromatic heterocycles. The maximum atomic E-state index is 12.7. The Morgan fingerprint density at radius 3 is 2.71 bits per heavy atom. The number of aromatic carboxylic acids is 1. The number of phenolic OH excluding ortho intramolecular Hbond substituents is 1. The number of thioether (sulfide) groups is 1. The highest BCUT2D eigenvalue weighted by Gasteiger charge is 2.38. The van der Waals surface area contributed by atoms with E-state index in [1.165, 1.54) is 35.3 Å². The number of thiocarbonyl (C=S) groups is 1. The second-order valence-electron chi connectivity index (χ2n) is 5.77. The van der Waals surface area contributed by atoms with Crippen LogP contribution < -0.4 is 5.32 Å². The van der Waals surface area contributed by atoms with Gasteiger partial charge in [0.25, 0.3) is 5.91 Å². The van der Waals surface area contributed by atoms with Gasteiger partial charge < -0.3 is 15.5 Å². The third-order valence-corrected chi connectivity index (χ3v) is 6.05. The lowest BCUT2D eigenvalue weighted by atomic mass is 10.1. The first-order chi connectivity index (χ1) is 13.3. The molecule has 1 atom stereocenters. The van der Waals surface area contributed by atoms with E-state index in [1.807, 2.05) is 17.5 Å². The zero-order valence-electron chi connectivity index (χ0n) is 14.4. The van der Waals surface area contributed by atoms with Crippen LogP contribution in [0.2, 0.25) is 0 Å². The Morgan fingerprint density at radius 1 is 1.32 bits per heavy atom. The minimum Gasteiger partial charge on any atom is -0.508 e. The number of hydrogen-bond donors (Lipinski definition) is 3. The Morgan fingerprint density at radius 2 is 2.07 bits per heavy atom. The normalized spacial score (nSPS) is 16.5. The van der Waals surface area contributed by atoms with Gasteiger partial charge in [-0.1, -0.05) is 30.0 Å². The molecular formula is C18H14N2O5S3. The van der Waals surface area contributed by atoms with Crippen LogP contribution >= 0.6 is 35.3 Å². The predicted octanol–water partition coefficient (Wildman–Crippen LogP) is 3.38. The third-order valence-electron chi connectivity index (χ3n) is 3.90. The number of nitrogens with zero attached hydrogens (tertiary/aromatic N) is 1. The van der Waals surface area contributed by atoms with Crippen molar-refractivity contribution in [2.75, 3.05) is 5.32 Å². The number of aromatic hydroxyl groups is 1. The highest BCUT2D eigenvalue weighted by Crippen LogP contribution is 2.35. The summed E-state index contributed by atoms with van der Waals surface area (Å²) in [4.78, 5) is 39.2. The molecule has 28 heavy (non-hydrogen) atoms. The van der Waals surface area contributed by atoms with E-state index in [0.717, 1.165) is 22.7 Å². The van der Waals surface area contributed by atoms with E-state index in [-0.39, 0.29) is 27.2 Å². The second kappa shape index (κ2) is 8.13. The number of benzene rings is 1. The second-order valence-corrected chi connectivity index (χ2v) is 8.42. The van der Waals surface area contributed by atoms with Crippen molar-refractivity contribution in [3.63, 3.8) is 0 Å². The van der Waals surface area contributed by atoms with Crippen molar-refractivity contribution in [2.24, 2.45) is 0 Å². The van der Waals surface area contributed by atoms with Gasteiger partial charge in [-0.3, -0.25) is 14.5 Å². The first-order valence-corrected chi connectivity index (χ1v) is 10.1. The fourth-order valence-corrected chi connectivity index (χ4v) is 4.63. The maximum Gasteiger partial charge on any atom is 0.337 e. The number of hydrogen-bond acceptors (Lipinski definition) is 7. The van der Waals surface area contributed by atoms with E-state index in [9.17, 15) is 24.6 Å². The van der Waals surface area contributed by atoms with E-state index >= 15 is 0 Å². The van der Waals surface area contributed by atoms with Gasteiger partial charge in [-0.2, -0.15) is 0 Å². The van der Waals surface area contributed by atoms with Gasteiger partial charge in [0.2, 0.25) is 5.91 Å². The molecule has 1 fully saturated rings. The number of thiophene rings is 1. The number of carboxylic acids is 1. The number of anilines is 1. The van der Waals surface area contributed by atoms with E-state index in [0.29, 0.717) is 4.91 Å². The molecule has 1 aliphatic rings. The molecule has 0 bridgehead atoms. The Labute approximate surface area is 173 Å². The van der Waals surface area contributed by atoms with Gasteiger partial charge in [0.05, 0.1) is 16.2 Å². The average Bonchev–Trinajstić information content (AvgIpc) is 3.24. The van der Waals surface area contributed by atoms with Crippen molar-refractivity contribution in [1.82, 2.24) is 4.90 Å². The summed E-state index contributed by atoms with van der Waals surface area (Å²) < 4.78 is 0.250. The molecule has 144 valence electrons. The molecule has 2 aromatic rings. The smallest absolute Gasteiger partial charge is 0.337 e. The van der Waals surface area contributed by atoms with Crippen LogP contribution in [0.15, 0.2) is 40.6 Å². The van der Waals surface area contributed by atoms with Crippen molar-refractivity contribution >= 4 is 69.2 Å². The monoisotopic (exact) mass is 434 g/mol. The zero-order valence-corrected chi connectivity index (χ0v) is 16.9. The Hall–Kier alpha value is -2.69. The Bertz CT molecular complexity index is 1000. The Balaban J connectivity index is 1.79. The van der Waals surface area contributed by atoms with E-state index in [2.05, 4.69) is 5.32 Å². The van der Waals surface area contributed by atoms with Crippen LogP contribution in [-0.4, -0.2) is 43.3 Å². The molecule has 2 heterocycles. The van der Waals surface area contributed by atoms with Crippen molar-refractivity contribution in [3.8, 4) is 5.75 Å². The zero-order chi connectivity index (χ0) is 20.4. The molecule has 0 spiro atoms. The minimum atomic E-state index is -1.30. The van der Waals surface area contributed by atoms with E-state index < -0.39 is 17.9 Å². The maximum absolute atomic E-state index is 12.7. The van der Waals surface area contributed by atoms with Gasteiger partial charge in [0.15, 0.2) is 0 Å². The molecule has 0 unspecified atom stereocenters. The molecule has 10 heteroatoms. The number of amides is 2. The van der Waals surface area contributed by atoms with Crippen molar-refractivity contribution in [3.05, 3.63) is 51.1 Å². The number of rotatable bonds is 5. The van der Waals surface area contributed by atoms with E-state index in [4.69, 9.17) is 12.2 Å². The van der Waals surface area contributed by atoms with Crippen molar-refractivity contribution in [2.45, 2.75) is 13.0 Å². The van der Waals surface area contributed by atoms with Crippen LogP contribution in [0.4, 0.5) is 5.69 Å². The largest absolute Gasteiger partial charge is 0.508 e. The Kier molecular flexibility index (Phi) is 5.82. The highest BCUT2D eigenvalue weighted by molar-refractivity contribution is 8.26. The number of carboxylic acid groups (broad SMARTS) is 1. The first-order valence-electron chi connectivity index (χ1n) is 7.95. The molecular weight excluding hydrogens is 420 g/mol. The van der Waals surface area contributed by atoms with Gasteiger partial charge in [-0.05, 0) is 42.6 Å². The molecule has 0 radical (unpaired) electrons. The molecule has 1 aromatic carbocycles.